The second kappa shape index (κ2) is 5.74. The third kappa shape index (κ3) is 2.33. The quantitative estimate of drug-likeness (QED) is 0.483. The van der Waals surface area contributed by atoms with E-state index in [0.29, 0.717) is 0 Å². The number of benzene rings is 1. The number of nitrogens with zero attached hydrogens (tertiary/aromatic N) is 5. The Kier molecular flexibility index (Phi) is 3.25. The summed E-state index contributed by atoms with van der Waals surface area (Å²) in [6.45, 7) is 0. The number of aryl methyl sites for hydroxylation is 1. The van der Waals surface area contributed by atoms with Gasteiger partial charge >= 0.3 is 0 Å². The van der Waals surface area contributed by atoms with Crippen molar-refractivity contribution < 1.29 is 0 Å². The smallest absolute Gasteiger partial charge is 0.160 e. The summed E-state index contributed by atoms with van der Waals surface area (Å²) in [6.07, 6.45) is 9.30. The predicted octanol–water partition coefficient (Wildman–Crippen LogP) is 4.25. The second-order valence-corrected chi connectivity index (χ2v) is 6.23. The highest BCUT2D eigenvalue weighted by atomic mass is 15.2. The average molecular weight is 337 g/mol. The van der Waals surface area contributed by atoms with E-state index in [2.05, 4.69) is 44.3 Å². The van der Waals surface area contributed by atoms with Gasteiger partial charge in [0.1, 0.15) is 0 Å². The largest absolute Gasteiger partial charge is 0.275 e. The van der Waals surface area contributed by atoms with Crippen molar-refractivity contribution in [2.45, 2.75) is 0 Å². The molecule has 4 heterocycles. The highest BCUT2D eigenvalue weighted by molar-refractivity contribution is 6.04. The van der Waals surface area contributed by atoms with Gasteiger partial charge in [0, 0.05) is 48.2 Å². The average Bonchev–Trinajstić information content (AvgIpc) is 3.13. The zero-order chi connectivity index (χ0) is 17.5. The van der Waals surface area contributed by atoms with Crippen molar-refractivity contribution in [3.05, 3.63) is 73.4 Å². The van der Waals surface area contributed by atoms with Crippen LogP contribution in [-0.4, -0.2) is 24.7 Å². The zero-order valence-corrected chi connectivity index (χ0v) is 14.2. The van der Waals surface area contributed by atoms with E-state index in [-0.39, 0.29) is 0 Å². The number of aromatic nitrogens is 5. The first-order valence-electron chi connectivity index (χ1n) is 8.37. The molecule has 5 nitrogen and oxygen atoms in total. The first-order valence-corrected chi connectivity index (χ1v) is 8.37. The van der Waals surface area contributed by atoms with Crippen LogP contribution in [0, 0.1) is 0 Å². The van der Waals surface area contributed by atoms with Crippen LogP contribution < -0.4 is 0 Å². The van der Waals surface area contributed by atoms with Crippen molar-refractivity contribution in [1.29, 1.82) is 0 Å². The van der Waals surface area contributed by atoms with Gasteiger partial charge in [-0.1, -0.05) is 12.1 Å². The van der Waals surface area contributed by atoms with E-state index in [9.17, 15) is 0 Å². The molecule has 5 rings (SSSR count). The van der Waals surface area contributed by atoms with E-state index < -0.39 is 0 Å². The molecule has 4 aromatic heterocycles. The molecular formula is C21H15N5. The summed E-state index contributed by atoms with van der Waals surface area (Å²) in [6, 6.07) is 14.4. The maximum absolute atomic E-state index is 4.47. The standard InChI is InChI=1S/C21H15N5/c1-26-13-16(12-25-26)18-7-10-24-21-20(18)17(6-9-23-21)14-4-5-19-15(11-14)3-2-8-22-19/h2-13H,1H3. The van der Waals surface area contributed by atoms with Gasteiger partial charge in [0.15, 0.2) is 5.65 Å². The molecule has 0 spiro atoms. The number of rotatable bonds is 2. The summed E-state index contributed by atoms with van der Waals surface area (Å²) in [7, 11) is 1.92. The van der Waals surface area contributed by atoms with Crippen LogP contribution in [0.2, 0.25) is 0 Å². The van der Waals surface area contributed by atoms with Crippen LogP contribution in [0.3, 0.4) is 0 Å². The molecule has 0 aliphatic heterocycles. The molecular weight excluding hydrogens is 322 g/mol. The predicted molar refractivity (Wildman–Crippen MR) is 102 cm³/mol. The number of hydrogen-bond donors (Lipinski definition) is 0. The highest BCUT2D eigenvalue weighted by Crippen LogP contribution is 2.35. The van der Waals surface area contributed by atoms with Crippen molar-refractivity contribution in [3.63, 3.8) is 0 Å². The Morgan fingerprint density at radius 2 is 1.62 bits per heavy atom. The number of fused-ring (bicyclic) bond motifs is 2. The van der Waals surface area contributed by atoms with Crippen LogP contribution in [0.4, 0.5) is 0 Å². The van der Waals surface area contributed by atoms with Gasteiger partial charge in [0.05, 0.1) is 11.7 Å². The summed E-state index contributed by atoms with van der Waals surface area (Å²) in [5.74, 6) is 0. The Morgan fingerprint density at radius 3 is 2.38 bits per heavy atom. The first-order chi connectivity index (χ1) is 12.8. The summed E-state index contributed by atoms with van der Waals surface area (Å²) in [5.41, 5.74) is 6.08. The van der Waals surface area contributed by atoms with Crippen LogP contribution in [0.1, 0.15) is 0 Å². The minimum Gasteiger partial charge on any atom is -0.275 e. The molecule has 0 aliphatic rings. The van der Waals surface area contributed by atoms with Crippen LogP contribution in [0.5, 0.6) is 0 Å². The molecule has 0 saturated carbocycles. The molecule has 5 aromatic rings. The molecule has 1 aromatic carbocycles. The Morgan fingerprint density at radius 1 is 0.808 bits per heavy atom. The van der Waals surface area contributed by atoms with Crippen LogP contribution >= 0.6 is 0 Å². The van der Waals surface area contributed by atoms with Gasteiger partial charge in [-0.25, -0.2) is 9.97 Å². The maximum atomic E-state index is 4.47. The van der Waals surface area contributed by atoms with E-state index >= 15 is 0 Å². The van der Waals surface area contributed by atoms with Gasteiger partial charge in [0.25, 0.3) is 0 Å². The van der Waals surface area contributed by atoms with Gasteiger partial charge in [-0.2, -0.15) is 5.10 Å². The second-order valence-electron chi connectivity index (χ2n) is 6.23. The Labute approximate surface area is 150 Å². The summed E-state index contributed by atoms with van der Waals surface area (Å²) >= 11 is 0. The van der Waals surface area contributed by atoms with E-state index in [1.807, 2.05) is 50.0 Å². The topological polar surface area (TPSA) is 56.5 Å². The van der Waals surface area contributed by atoms with E-state index in [1.165, 1.54) is 0 Å². The summed E-state index contributed by atoms with van der Waals surface area (Å²) in [5, 5.41) is 6.46. The number of pyridine rings is 3. The zero-order valence-electron chi connectivity index (χ0n) is 14.2. The van der Waals surface area contributed by atoms with Gasteiger partial charge < -0.3 is 0 Å². The summed E-state index contributed by atoms with van der Waals surface area (Å²) in [4.78, 5) is 13.4. The SMILES string of the molecule is Cn1cc(-c2ccnc3nccc(-c4ccc5ncccc5c4)c23)cn1. The molecule has 0 radical (unpaired) electrons. The maximum Gasteiger partial charge on any atom is 0.160 e. The first kappa shape index (κ1) is 14.7. The Hall–Kier alpha value is -3.60. The lowest BCUT2D eigenvalue weighted by atomic mass is 9.96. The molecule has 0 atom stereocenters. The van der Waals surface area contributed by atoms with Gasteiger partial charge in [-0.3, -0.25) is 9.67 Å². The molecule has 0 unspecified atom stereocenters. The van der Waals surface area contributed by atoms with Crippen molar-refractivity contribution in [1.82, 2.24) is 24.7 Å². The molecule has 0 fully saturated rings. The van der Waals surface area contributed by atoms with Crippen molar-refractivity contribution >= 4 is 21.9 Å². The minimum absolute atomic E-state index is 0.732. The van der Waals surface area contributed by atoms with E-state index in [1.54, 1.807) is 10.9 Å². The van der Waals surface area contributed by atoms with E-state index in [0.717, 1.165) is 44.2 Å². The lowest BCUT2D eigenvalue weighted by Gasteiger charge is -2.10. The van der Waals surface area contributed by atoms with Crippen molar-refractivity contribution in [3.8, 4) is 22.3 Å². The van der Waals surface area contributed by atoms with Gasteiger partial charge in [-0.15, -0.1) is 0 Å². The van der Waals surface area contributed by atoms with Crippen LogP contribution in [0.15, 0.2) is 73.4 Å². The van der Waals surface area contributed by atoms with Gasteiger partial charge in [0.2, 0.25) is 0 Å². The fraction of sp³-hybridized carbons (Fsp3) is 0.0476. The molecule has 124 valence electrons. The monoisotopic (exact) mass is 337 g/mol. The van der Waals surface area contributed by atoms with Crippen LogP contribution in [0.25, 0.3) is 44.2 Å². The number of hydrogen-bond acceptors (Lipinski definition) is 4. The molecule has 0 aliphatic carbocycles. The third-order valence-electron chi connectivity index (χ3n) is 4.57. The normalized spacial score (nSPS) is 11.3. The summed E-state index contributed by atoms with van der Waals surface area (Å²) < 4.78 is 1.80. The fourth-order valence-corrected chi connectivity index (χ4v) is 3.36. The van der Waals surface area contributed by atoms with Crippen LogP contribution in [-0.2, 0) is 7.05 Å². The highest BCUT2D eigenvalue weighted by Gasteiger charge is 2.13. The Bertz CT molecular complexity index is 1250. The molecule has 0 saturated heterocycles. The molecule has 0 amide bonds. The minimum atomic E-state index is 0.732. The van der Waals surface area contributed by atoms with Gasteiger partial charge in [-0.05, 0) is 47.0 Å². The molecule has 0 N–H and O–H groups in total. The lowest BCUT2D eigenvalue weighted by molar-refractivity contribution is 0.768. The molecule has 5 heteroatoms. The van der Waals surface area contributed by atoms with Crippen molar-refractivity contribution in [2.24, 2.45) is 7.05 Å². The molecule has 26 heavy (non-hydrogen) atoms. The fourth-order valence-electron chi connectivity index (χ4n) is 3.36. The third-order valence-corrected chi connectivity index (χ3v) is 4.57. The molecule has 0 bridgehead atoms. The Balaban J connectivity index is 1.82. The van der Waals surface area contributed by atoms with E-state index in [4.69, 9.17) is 0 Å². The van der Waals surface area contributed by atoms with Crippen molar-refractivity contribution in [2.75, 3.05) is 0 Å². The lowest BCUT2D eigenvalue weighted by Crippen LogP contribution is -1.91.